The SMILES string of the molecule is CC(NC(=O)C(C)NC(=O)C(Cc1ccc(O)cc1)N(C(=O)O)C(C)(C)C)C(=O)NC(Cc1ccc(O)cc1)C(N)=O. The highest BCUT2D eigenvalue weighted by Crippen LogP contribution is 2.22. The van der Waals surface area contributed by atoms with Crippen molar-refractivity contribution in [3.05, 3.63) is 59.7 Å². The first-order valence-corrected chi connectivity index (χ1v) is 13.3. The molecule has 2 aromatic carbocycles. The number of carbonyl (C=O) groups is 5. The lowest BCUT2D eigenvalue weighted by Crippen LogP contribution is -2.60. The number of nitrogens with one attached hydrogen (secondary N) is 3. The molecule has 0 spiro atoms. The molecular weight excluding hydrogens is 546 g/mol. The van der Waals surface area contributed by atoms with Crippen molar-refractivity contribution < 1.29 is 39.3 Å². The van der Waals surface area contributed by atoms with E-state index in [0.717, 1.165) is 4.90 Å². The van der Waals surface area contributed by atoms with Crippen molar-refractivity contribution in [1.82, 2.24) is 20.9 Å². The number of carbonyl (C=O) groups excluding carboxylic acids is 4. The van der Waals surface area contributed by atoms with E-state index in [4.69, 9.17) is 5.73 Å². The fourth-order valence-corrected chi connectivity index (χ4v) is 4.21. The number of carboxylic acid groups (broad SMARTS) is 1. The monoisotopic (exact) mass is 585 g/mol. The maximum atomic E-state index is 13.4. The van der Waals surface area contributed by atoms with Crippen molar-refractivity contribution in [3.63, 3.8) is 0 Å². The van der Waals surface area contributed by atoms with Crippen LogP contribution in [0, 0.1) is 0 Å². The lowest BCUT2D eigenvalue weighted by molar-refractivity contribution is -0.134. The number of benzene rings is 2. The minimum absolute atomic E-state index is 0.0108. The Balaban J connectivity index is 2.10. The van der Waals surface area contributed by atoms with Crippen LogP contribution in [0.3, 0.4) is 0 Å². The molecule has 5 amide bonds. The van der Waals surface area contributed by atoms with Gasteiger partial charge in [0.05, 0.1) is 0 Å². The van der Waals surface area contributed by atoms with Crippen LogP contribution in [0.15, 0.2) is 48.5 Å². The van der Waals surface area contributed by atoms with Crippen molar-refractivity contribution >= 4 is 29.7 Å². The number of rotatable bonds is 12. The van der Waals surface area contributed by atoms with Gasteiger partial charge < -0.3 is 37.0 Å². The Morgan fingerprint density at radius 2 is 1.14 bits per heavy atom. The summed E-state index contributed by atoms with van der Waals surface area (Å²) in [4.78, 5) is 64.1. The Labute approximate surface area is 244 Å². The second-order valence-corrected chi connectivity index (χ2v) is 11.0. The lowest BCUT2D eigenvalue weighted by Gasteiger charge is -2.39. The summed E-state index contributed by atoms with van der Waals surface area (Å²) in [5, 5.41) is 36.4. The normalized spacial score (nSPS) is 14.0. The number of aromatic hydroxyl groups is 2. The van der Waals surface area contributed by atoms with Crippen molar-refractivity contribution in [3.8, 4) is 11.5 Å². The highest BCUT2D eigenvalue weighted by Gasteiger charge is 2.38. The first-order chi connectivity index (χ1) is 19.5. The van der Waals surface area contributed by atoms with Crippen LogP contribution in [0.2, 0.25) is 0 Å². The zero-order valence-electron chi connectivity index (χ0n) is 24.2. The van der Waals surface area contributed by atoms with E-state index >= 15 is 0 Å². The molecule has 0 aromatic heterocycles. The molecule has 13 heteroatoms. The number of phenols is 2. The second-order valence-electron chi connectivity index (χ2n) is 11.0. The standard InChI is InChI=1S/C29H39N5O8/c1-16(25(38)31-17(2)26(39)33-22(24(30)37)14-18-6-10-20(35)11-7-18)32-27(40)23(34(28(41)42)29(3,4)5)15-19-8-12-21(36)13-9-19/h6-13,16-17,22-23,35-36H,14-15H2,1-5H3,(H2,30,37)(H,31,38)(H,32,40)(H,33,39)(H,41,42). The fraction of sp³-hybridized carbons (Fsp3) is 0.414. The van der Waals surface area contributed by atoms with Crippen LogP contribution in [0.1, 0.15) is 45.7 Å². The van der Waals surface area contributed by atoms with Gasteiger partial charge in [-0.25, -0.2) is 4.79 Å². The Morgan fingerprint density at radius 3 is 1.55 bits per heavy atom. The summed E-state index contributed by atoms with van der Waals surface area (Å²) >= 11 is 0. The molecule has 4 atom stereocenters. The molecule has 0 aliphatic rings. The molecule has 0 saturated carbocycles. The van der Waals surface area contributed by atoms with Crippen LogP contribution in [-0.4, -0.2) is 79.6 Å². The van der Waals surface area contributed by atoms with E-state index < -0.39 is 59.4 Å². The smallest absolute Gasteiger partial charge is 0.408 e. The van der Waals surface area contributed by atoms with Crippen LogP contribution >= 0.6 is 0 Å². The molecule has 0 bridgehead atoms. The topological polar surface area (TPSA) is 211 Å². The molecule has 8 N–H and O–H groups in total. The van der Waals surface area contributed by atoms with E-state index in [1.54, 1.807) is 45.0 Å². The molecule has 0 fully saturated rings. The molecule has 13 nitrogen and oxygen atoms in total. The largest absolute Gasteiger partial charge is 0.508 e. The van der Waals surface area contributed by atoms with Crippen LogP contribution in [0.4, 0.5) is 4.79 Å². The number of hydrogen-bond donors (Lipinski definition) is 7. The molecule has 2 rings (SSSR count). The van der Waals surface area contributed by atoms with Crippen molar-refractivity contribution in [2.45, 2.75) is 77.2 Å². The van der Waals surface area contributed by atoms with Gasteiger partial charge in [0, 0.05) is 18.4 Å². The Bertz CT molecular complexity index is 1270. The van der Waals surface area contributed by atoms with E-state index in [9.17, 15) is 39.3 Å². The Morgan fingerprint density at radius 1 is 0.738 bits per heavy atom. The molecule has 0 aliphatic carbocycles. The molecular formula is C29H39N5O8. The van der Waals surface area contributed by atoms with E-state index in [-0.39, 0.29) is 24.3 Å². The van der Waals surface area contributed by atoms with Gasteiger partial charge in [0.15, 0.2) is 0 Å². The number of nitrogens with zero attached hydrogens (tertiary/aromatic N) is 1. The molecule has 42 heavy (non-hydrogen) atoms. The van der Waals surface area contributed by atoms with Crippen molar-refractivity contribution in [1.29, 1.82) is 0 Å². The number of amides is 5. The summed E-state index contributed by atoms with van der Waals surface area (Å²) in [6.07, 6.45) is -1.30. The predicted molar refractivity (Wildman–Crippen MR) is 153 cm³/mol. The van der Waals surface area contributed by atoms with Gasteiger partial charge in [-0.05, 0) is 70.0 Å². The Kier molecular flexibility index (Phi) is 11.3. The minimum atomic E-state index is -1.33. The maximum absolute atomic E-state index is 13.4. The van der Waals surface area contributed by atoms with Crippen LogP contribution in [0.5, 0.6) is 11.5 Å². The van der Waals surface area contributed by atoms with Crippen LogP contribution in [-0.2, 0) is 32.0 Å². The molecule has 0 radical (unpaired) electrons. The van der Waals surface area contributed by atoms with Crippen molar-refractivity contribution in [2.75, 3.05) is 0 Å². The van der Waals surface area contributed by atoms with Gasteiger partial charge in [0.2, 0.25) is 23.6 Å². The van der Waals surface area contributed by atoms with Gasteiger partial charge in [-0.1, -0.05) is 24.3 Å². The van der Waals surface area contributed by atoms with Gasteiger partial charge >= 0.3 is 6.09 Å². The van der Waals surface area contributed by atoms with Gasteiger partial charge in [-0.3, -0.25) is 24.1 Å². The van der Waals surface area contributed by atoms with Crippen molar-refractivity contribution in [2.24, 2.45) is 5.73 Å². The summed E-state index contributed by atoms with van der Waals surface area (Å²) in [5.74, 6) is -2.89. The van der Waals surface area contributed by atoms with Gasteiger partial charge in [-0.2, -0.15) is 0 Å². The predicted octanol–water partition coefficient (Wildman–Crippen LogP) is 1.01. The number of primary amides is 1. The lowest BCUT2D eigenvalue weighted by atomic mass is 9.97. The molecule has 0 aliphatic heterocycles. The van der Waals surface area contributed by atoms with E-state index in [0.29, 0.717) is 11.1 Å². The third kappa shape index (κ3) is 9.68. The number of phenolic OH excluding ortho intramolecular Hbond substituents is 2. The van der Waals surface area contributed by atoms with Crippen LogP contribution < -0.4 is 21.7 Å². The zero-order chi connectivity index (χ0) is 31.8. The first kappa shape index (κ1) is 33.4. The minimum Gasteiger partial charge on any atom is -0.508 e. The summed E-state index contributed by atoms with van der Waals surface area (Å²) in [7, 11) is 0. The molecule has 4 unspecified atom stereocenters. The summed E-state index contributed by atoms with van der Waals surface area (Å²) in [6, 6.07) is 7.40. The van der Waals surface area contributed by atoms with Gasteiger partial charge in [0.25, 0.3) is 0 Å². The highest BCUT2D eigenvalue weighted by atomic mass is 16.4. The zero-order valence-corrected chi connectivity index (χ0v) is 24.2. The maximum Gasteiger partial charge on any atom is 0.408 e. The molecule has 2 aromatic rings. The van der Waals surface area contributed by atoms with E-state index in [1.165, 1.54) is 38.1 Å². The van der Waals surface area contributed by atoms with Crippen LogP contribution in [0.25, 0.3) is 0 Å². The average molecular weight is 586 g/mol. The summed E-state index contributed by atoms with van der Waals surface area (Å²) in [6.45, 7) is 7.68. The average Bonchev–Trinajstić information content (AvgIpc) is 2.88. The van der Waals surface area contributed by atoms with E-state index in [1.807, 2.05) is 0 Å². The third-order valence-electron chi connectivity index (χ3n) is 6.45. The molecule has 0 saturated heterocycles. The fourth-order valence-electron chi connectivity index (χ4n) is 4.21. The van der Waals surface area contributed by atoms with Gasteiger partial charge in [0.1, 0.15) is 35.7 Å². The second kappa shape index (κ2) is 14.2. The highest BCUT2D eigenvalue weighted by molar-refractivity contribution is 5.95. The van der Waals surface area contributed by atoms with Gasteiger partial charge in [-0.15, -0.1) is 0 Å². The molecule has 0 heterocycles. The van der Waals surface area contributed by atoms with E-state index in [2.05, 4.69) is 16.0 Å². The quantitative estimate of drug-likeness (QED) is 0.191. The Hall–Kier alpha value is -4.81. The number of hydrogen-bond acceptors (Lipinski definition) is 7. The first-order valence-electron chi connectivity index (χ1n) is 13.3. The third-order valence-corrected chi connectivity index (χ3v) is 6.45. The molecule has 228 valence electrons. The number of nitrogens with two attached hydrogens (primary N) is 1. The summed E-state index contributed by atoms with van der Waals surface area (Å²) < 4.78 is 0. The summed E-state index contributed by atoms with van der Waals surface area (Å²) in [5.41, 5.74) is 5.69.